The Hall–Kier alpha value is -1.57. The van der Waals surface area contributed by atoms with Crippen LogP contribution in [0.25, 0.3) is 0 Å². The molecule has 22 heavy (non-hydrogen) atoms. The number of carboxylic acid groups (broad SMARTS) is 1. The van der Waals surface area contributed by atoms with E-state index in [4.69, 9.17) is 5.11 Å². The van der Waals surface area contributed by atoms with Gasteiger partial charge in [-0.25, -0.2) is 13.2 Å². The topological polar surface area (TPSA) is 71.4 Å². The van der Waals surface area contributed by atoms with Crippen molar-refractivity contribution in [3.8, 4) is 0 Å². The summed E-state index contributed by atoms with van der Waals surface area (Å²) >= 11 is 0. The fourth-order valence-electron chi connectivity index (χ4n) is 1.89. The Balaban J connectivity index is 3.89. The Kier molecular flexibility index (Phi) is 4.68. The number of carboxylic acids is 1. The molecule has 0 spiro atoms. The van der Waals surface area contributed by atoms with Crippen LogP contribution >= 0.6 is 0 Å². The molecule has 0 saturated carbocycles. The fraction of sp³-hybridized carbons (Fsp3) is 0.500. The second kappa shape index (κ2) is 5.57. The second-order valence-electron chi connectivity index (χ2n) is 5.78. The number of hydrogen-bond donors (Lipinski definition) is 1. The van der Waals surface area contributed by atoms with Gasteiger partial charge in [0.2, 0.25) is 0 Å². The Morgan fingerprint density at radius 1 is 1.18 bits per heavy atom. The van der Waals surface area contributed by atoms with Gasteiger partial charge < -0.3 is 5.11 Å². The van der Waals surface area contributed by atoms with Crippen LogP contribution in [-0.2, 0) is 22.4 Å². The lowest BCUT2D eigenvalue weighted by molar-refractivity contribution is -0.139. The highest BCUT2D eigenvalue weighted by atomic mass is 32.2. The first-order valence-corrected chi connectivity index (χ1v) is 7.93. The van der Waals surface area contributed by atoms with Crippen LogP contribution in [0.5, 0.6) is 0 Å². The molecule has 1 rings (SSSR count). The summed E-state index contributed by atoms with van der Waals surface area (Å²) in [5.74, 6) is -1.53. The van der Waals surface area contributed by atoms with E-state index in [1.165, 1.54) is 20.8 Å². The van der Waals surface area contributed by atoms with Crippen LogP contribution in [0.3, 0.4) is 0 Å². The molecule has 0 bridgehead atoms. The number of rotatable bonds is 3. The first-order chi connectivity index (χ1) is 9.73. The number of alkyl halides is 3. The Morgan fingerprint density at radius 3 is 2.00 bits per heavy atom. The Bertz CT molecular complexity index is 698. The minimum absolute atomic E-state index is 0.0447. The molecule has 0 amide bonds. The van der Waals surface area contributed by atoms with Crippen LogP contribution in [0.2, 0.25) is 0 Å². The van der Waals surface area contributed by atoms with Gasteiger partial charge in [-0.15, -0.1) is 0 Å². The van der Waals surface area contributed by atoms with E-state index in [2.05, 4.69) is 0 Å². The van der Waals surface area contributed by atoms with Gasteiger partial charge in [0.1, 0.15) is 0 Å². The van der Waals surface area contributed by atoms with Crippen molar-refractivity contribution < 1.29 is 31.5 Å². The molecule has 8 heteroatoms. The first kappa shape index (κ1) is 18.5. The number of benzene rings is 1. The summed E-state index contributed by atoms with van der Waals surface area (Å²) in [4.78, 5) is 10.2. The van der Waals surface area contributed by atoms with Gasteiger partial charge in [-0.05, 0) is 44.9 Å². The van der Waals surface area contributed by atoms with Crippen LogP contribution in [0, 0.1) is 0 Å². The van der Waals surface area contributed by atoms with E-state index in [-0.39, 0.29) is 12.0 Å². The molecular formula is C14H17F3O4S. The largest absolute Gasteiger partial charge is 0.478 e. The number of carbonyl (C=O) groups is 1. The van der Waals surface area contributed by atoms with E-state index in [9.17, 15) is 26.4 Å². The van der Waals surface area contributed by atoms with Gasteiger partial charge in [-0.1, -0.05) is 6.92 Å². The van der Waals surface area contributed by atoms with Crippen molar-refractivity contribution in [2.75, 3.05) is 0 Å². The summed E-state index contributed by atoms with van der Waals surface area (Å²) in [6.45, 7) is 5.42. The average Bonchev–Trinajstić information content (AvgIpc) is 2.34. The maximum absolute atomic E-state index is 13.2. The molecule has 0 heterocycles. The van der Waals surface area contributed by atoms with E-state index in [0.717, 1.165) is 6.07 Å². The maximum Gasteiger partial charge on any atom is 0.417 e. The first-order valence-electron chi connectivity index (χ1n) is 6.45. The summed E-state index contributed by atoms with van der Waals surface area (Å²) in [5.41, 5.74) is -1.94. The molecule has 0 aliphatic rings. The molecule has 0 aromatic heterocycles. The van der Waals surface area contributed by atoms with E-state index >= 15 is 0 Å². The number of aromatic carboxylic acids is 1. The molecule has 0 fully saturated rings. The highest BCUT2D eigenvalue weighted by Crippen LogP contribution is 2.39. The van der Waals surface area contributed by atoms with Crippen molar-refractivity contribution in [1.82, 2.24) is 0 Å². The molecule has 0 radical (unpaired) electrons. The smallest absolute Gasteiger partial charge is 0.417 e. The van der Waals surface area contributed by atoms with Gasteiger partial charge in [0.25, 0.3) is 0 Å². The molecule has 1 N–H and O–H groups in total. The third-order valence-electron chi connectivity index (χ3n) is 3.22. The van der Waals surface area contributed by atoms with Gasteiger partial charge in [0, 0.05) is 0 Å². The predicted molar refractivity (Wildman–Crippen MR) is 74.7 cm³/mol. The minimum Gasteiger partial charge on any atom is -0.478 e. The van der Waals surface area contributed by atoms with Gasteiger partial charge in [0.05, 0.1) is 20.8 Å². The van der Waals surface area contributed by atoms with Crippen molar-refractivity contribution >= 4 is 15.8 Å². The molecule has 0 aliphatic carbocycles. The quantitative estimate of drug-likeness (QED) is 0.915. The molecule has 0 saturated heterocycles. The molecule has 1 aromatic rings. The Morgan fingerprint density at radius 2 is 1.68 bits per heavy atom. The molecule has 0 unspecified atom stereocenters. The highest BCUT2D eigenvalue weighted by molar-refractivity contribution is 7.92. The van der Waals surface area contributed by atoms with Crippen LogP contribution in [0.4, 0.5) is 13.2 Å². The summed E-state index contributed by atoms with van der Waals surface area (Å²) in [5, 5.41) is 9.02. The van der Waals surface area contributed by atoms with E-state index in [1.807, 2.05) is 0 Å². The number of halogens is 3. The summed E-state index contributed by atoms with van der Waals surface area (Å²) in [6.07, 6.45) is -4.86. The third-order valence-corrected chi connectivity index (χ3v) is 5.75. The van der Waals surface area contributed by atoms with Crippen LogP contribution in [-0.4, -0.2) is 24.2 Å². The monoisotopic (exact) mass is 338 g/mol. The zero-order valence-electron chi connectivity index (χ0n) is 12.6. The molecular weight excluding hydrogens is 321 g/mol. The summed E-state index contributed by atoms with van der Waals surface area (Å²) in [7, 11) is -4.28. The van der Waals surface area contributed by atoms with Gasteiger partial charge >= 0.3 is 12.1 Å². The lowest BCUT2D eigenvalue weighted by atomic mass is 10.0. The molecule has 0 atom stereocenters. The van der Waals surface area contributed by atoms with Gasteiger partial charge in [-0.2, -0.15) is 13.2 Å². The maximum atomic E-state index is 13.2. The lowest BCUT2D eigenvalue weighted by Crippen LogP contribution is -2.30. The number of aryl methyl sites for hydroxylation is 1. The van der Waals surface area contributed by atoms with Gasteiger partial charge in [-0.3, -0.25) is 0 Å². The van der Waals surface area contributed by atoms with E-state index in [1.54, 1.807) is 6.92 Å². The minimum atomic E-state index is -4.97. The SMILES string of the molecule is CCc1cc(S(=O)(=O)C(C)(C)C)c(C(F)(F)F)cc1C(=O)O. The lowest BCUT2D eigenvalue weighted by Gasteiger charge is -2.23. The zero-order valence-corrected chi connectivity index (χ0v) is 13.4. The third kappa shape index (κ3) is 3.26. The fourth-order valence-corrected chi connectivity index (χ4v) is 3.31. The number of hydrogen-bond acceptors (Lipinski definition) is 3. The second-order valence-corrected chi connectivity index (χ2v) is 8.45. The van der Waals surface area contributed by atoms with Crippen LogP contribution in [0.1, 0.15) is 49.2 Å². The van der Waals surface area contributed by atoms with Crippen molar-refractivity contribution in [3.05, 3.63) is 28.8 Å². The zero-order chi connectivity index (χ0) is 17.5. The van der Waals surface area contributed by atoms with Crippen molar-refractivity contribution in [1.29, 1.82) is 0 Å². The predicted octanol–water partition coefficient (Wildman–Crippen LogP) is 3.54. The van der Waals surface area contributed by atoms with Crippen LogP contribution < -0.4 is 0 Å². The molecule has 4 nitrogen and oxygen atoms in total. The van der Waals surface area contributed by atoms with Crippen LogP contribution in [0.15, 0.2) is 17.0 Å². The van der Waals surface area contributed by atoms with Gasteiger partial charge in [0.15, 0.2) is 9.84 Å². The summed E-state index contributed by atoms with van der Waals surface area (Å²) < 4.78 is 63.0. The van der Waals surface area contributed by atoms with E-state index in [0.29, 0.717) is 6.07 Å². The molecule has 124 valence electrons. The van der Waals surface area contributed by atoms with Crippen molar-refractivity contribution in [2.45, 2.75) is 49.9 Å². The molecule has 0 aliphatic heterocycles. The number of sulfone groups is 1. The van der Waals surface area contributed by atoms with Crippen molar-refractivity contribution in [2.24, 2.45) is 0 Å². The normalized spacial score (nSPS) is 13.2. The highest BCUT2D eigenvalue weighted by Gasteiger charge is 2.42. The molecule has 1 aromatic carbocycles. The van der Waals surface area contributed by atoms with E-state index < -0.39 is 42.8 Å². The van der Waals surface area contributed by atoms with Crippen molar-refractivity contribution in [3.63, 3.8) is 0 Å². The average molecular weight is 338 g/mol. The standard InChI is InChI=1S/C14H17F3O4S/c1-5-8-6-11(22(20,21)13(2,3)4)10(14(15,16)17)7-9(8)12(18)19/h6-7H,5H2,1-4H3,(H,18,19). The Labute approximate surface area is 126 Å². The summed E-state index contributed by atoms with van der Waals surface area (Å²) in [6, 6.07) is 1.23.